The van der Waals surface area contributed by atoms with Crippen molar-refractivity contribution in [2.45, 2.75) is 43.7 Å². The second kappa shape index (κ2) is 5.86. The summed E-state index contributed by atoms with van der Waals surface area (Å²) in [4.78, 5) is 0.387. The Morgan fingerprint density at radius 1 is 1.00 bits per heavy atom. The normalized spacial score (nSPS) is 24.2. The lowest BCUT2D eigenvalue weighted by molar-refractivity contribution is 0.541. The molecular formula is C18H21NO2S. The summed E-state index contributed by atoms with van der Waals surface area (Å²) in [5.74, 6) is 0. The molecule has 1 saturated heterocycles. The van der Waals surface area contributed by atoms with E-state index in [0.717, 1.165) is 24.0 Å². The van der Waals surface area contributed by atoms with Crippen molar-refractivity contribution in [2.75, 3.05) is 0 Å². The van der Waals surface area contributed by atoms with E-state index < -0.39 is 10.0 Å². The molecule has 1 heterocycles. The Hall–Kier alpha value is -1.65. The topological polar surface area (TPSA) is 37.1 Å². The summed E-state index contributed by atoms with van der Waals surface area (Å²) >= 11 is 0. The summed E-state index contributed by atoms with van der Waals surface area (Å²) in [6.07, 6.45) is 1.87. The molecule has 0 spiro atoms. The van der Waals surface area contributed by atoms with E-state index in [4.69, 9.17) is 0 Å². The van der Waals surface area contributed by atoms with E-state index >= 15 is 0 Å². The highest BCUT2D eigenvalue weighted by atomic mass is 32.2. The molecule has 3 atom stereocenters. The zero-order chi connectivity index (χ0) is 15.7. The maximum Gasteiger partial charge on any atom is 0.244 e. The molecule has 0 saturated carbocycles. The fourth-order valence-electron chi connectivity index (χ4n) is 3.02. The highest BCUT2D eigenvalue weighted by Gasteiger charge is 2.55. The molecule has 3 unspecified atom stereocenters. The van der Waals surface area contributed by atoms with E-state index in [1.165, 1.54) is 0 Å². The van der Waals surface area contributed by atoms with Gasteiger partial charge in [-0.25, -0.2) is 8.42 Å². The number of rotatable bonds is 5. The van der Waals surface area contributed by atoms with Crippen LogP contribution in [0.3, 0.4) is 0 Å². The predicted octanol–water partition coefficient (Wildman–Crippen LogP) is 3.91. The molecule has 0 aromatic heterocycles. The van der Waals surface area contributed by atoms with Crippen molar-refractivity contribution in [3.63, 3.8) is 0 Å². The van der Waals surface area contributed by atoms with E-state index in [9.17, 15) is 8.42 Å². The van der Waals surface area contributed by atoms with Crippen molar-refractivity contribution < 1.29 is 8.42 Å². The van der Waals surface area contributed by atoms with Crippen molar-refractivity contribution in [2.24, 2.45) is 0 Å². The fraction of sp³-hybridized carbons (Fsp3) is 0.333. The number of sulfonamides is 1. The molecule has 3 rings (SSSR count). The highest BCUT2D eigenvalue weighted by molar-refractivity contribution is 7.89. The van der Waals surface area contributed by atoms with Crippen LogP contribution in [0, 0.1) is 6.92 Å². The summed E-state index contributed by atoms with van der Waals surface area (Å²) in [5, 5.41) is 0. The Bertz CT molecular complexity index is 738. The quantitative estimate of drug-likeness (QED) is 0.785. The van der Waals surface area contributed by atoms with Crippen LogP contribution in [-0.4, -0.2) is 18.8 Å². The minimum absolute atomic E-state index is 0.0209. The van der Waals surface area contributed by atoms with E-state index in [2.05, 4.69) is 6.92 Å². The second-order valence-electron chi connectivity index (χ2n) is 5.86. The van der Waals surface area contributed by atoms with Gasteiger partial charge >= 0.3 is 0 Å². The fourth-order valence-corrected chi connectivity index (χ4v) is 4.82. The van der Waals surface area contributed by atoms with Crippen molar-refractivity contribution in [1.82, 2.24) is 4.31 Å². The summed E-state index contributed by atoms with van der Waals surface area (Å²) in [6, 6.07) is 17.1. The number of nitrogens with zero attached hydrogens (tertiary/aromatic N) is 1. The van der Waals surface area contributed by atoms with Gasteiger partial charge in [-0.1, -0.05) is 61.4 Å². The summed E-state index contributed by atoms with van der Waals surface area (Å²) in [7, 11) is -3.42. The van der Waals surface area contributed by atoms with Crippen LogP contribution in [0.15, 0.2) is 59.5 Å². The molecule has 0 bridgehead atoms. The molecule has 1 fully saturated rings. The van der Waals surface area contributed by atoms with Gasteiger partial charge in [-0.15, -0.1) is 0 Å². The van der Waals surface area contributed by atoms with Crippen LogP contribution in [0.5, 0.6) is 0 Å². The molecule has 4 heteroatoms. The van der Waals surface area contributed by atoms with Crippen LogP contribution in [-0.2, 0) is 10.0 Å². The Kier molecular flexibility index (Phi) is 4.06. The van der Waals surface area contributed by atoms with Crippen LogP contribution in [0.4, 0.5) is 0 Å². The van der Waals surface area contributed by atoms with Crippen LogP contribution < -0.4 is 0 Å². The zero-order valence-electron chi connectivity index (χ0n) is 12.9. The van der Waals surface area contributed by atoms with Crippen LogP contribution in [0.25, 0.3) is 0 Å². The predicted molar refractivity (Wildman–Crippen MR) is 88.1 cm³/mol. The van der Waals surface area contributed by atoms with Gasteiger partial charge in [-0.2, -0.15) is 4.31 Å². The molecule has 0 radical (unpaired) electrons. The van der Waals surface area contributed by atoms with E-state index in [1.54, 1.807) is 16.4 Å². The SMILES string of the molecule is CCCC1C(c2ccccc2)N1S(=O)(=O)c1ccc(C)cc1. The zero-order valence-corrected chi connectivity index (χ0v) is 13.8. The standard InChI is InChI=1S/C18H21NO2S/c1-3-7-17-18(15-8-5-4-6-9-15)19(17)22(20,21)16-12-10-14(2)11-13-16/h4-6,8-13,17-18H,3,7H2,1-2H3. The number of hydrogen-bond donors (Lipinski definition) is 0. The first-order valence-corrected chi connectivity index (χ1v) is 9.15. The Balaban J connectivity index is 1.93. The van der Waals surface area contributed by atoms with E-state index in [1.807, 2.05) is 49.4 Å². The highest BCUT2D eigenvalue weighted by Crippen LogP contribution is 2.49. The van der Waals surface area contributed by atoms with Crippen molar-refractivity contribution >= 4 is 10.0 Å². The lowest BCUT2D eigenvalue weighted by Crippen LogP contribution is -2.15. The van der Waals surface area contributed by atoms with Crippen LogP contribution in [0.2, 0.25) is 0 Å². The van der Waals surface area contributed by atoms with Crippen molar-refractivity contribution in [1.29, 1.82) is 0 Å². The third-order valence-electron chi connectivity index (χ3n) is 4.20. The third-order valence-corrected chi connectivity index (χ3v) is 6.12. The maximum absolute atomic E-state index is 12.9. The molecule has 0 aliphatic carbocycles. The van der Waals surface area contributed by atoms with Gasteiger partial charge in [0.1, 0.15) is 0 Å². The first-order valence-electron chi connectivity index (χ1n) is 7.71. The lowest BCUT2D eigenvalue weighted by atomic mass is 10.1. The van der Waals surface area contributed by atoms with Crippen molar-refractivity contribution in [3.05, 3.63) is 65.7 Å². The smallest absolute Gasteiger partial charge is 0.207 e. The minimum atomic E-state index is -3.42. The van der Waals surface area contributed by atoms with E-state index in [0.29, 0.717) is 4.90 Å². The molecule has 0 amide bonds. The molecule has 116 valence electrons. The molecule has 1 aliphatic rings. The second-order valence-corrected chi connectivity index (χ2v) is 7.70. The molecule has 3 nitrogen and oxygen atoms in total. The molecule has 0 N–H and O–H groups in total. The maximum atomic E-state index is 12.9. The van der Waals surface area contributed by atoms with Gasteiger partial charge in [-0.3, -0.25) is 0 Å². The van der Waals surface area contributed by atoms with Gasteiger partial charge in [0.05, 0.1) is 10.9 Å². The van der Waals surface area contributed by atoms with Gasteiger partial charge in [0.25, 0.3) is 0 Å². The minimum Gasteiger partial charge on any atom is -0.207 e. The van der Waals surface area contributed by atoms with Gasteiger partial charge in [-0.05, 0) is 31.0 Å². The molecular weight excluding hydrogens is 294 g/mol. The largest absolute Gasteiger partial charge is 0.244 e. The van der Waals surface area contributed by atoms with E-state index in [-0.39, 0.29) is 12.1 Å². The summed E-state index contributed by atoms with van der Waals surface area (Å²) in [6.45, 7) is 4.05. The Labute approximate surface area is 132 Å². The average Bonchev–Trinajstić information content (AvgIpc) is 3.24. The number of aryl methyl sites for hydroxylation is 1. The lowest BCUT2D eigenvalue weighted by Gasteiger charge is -2.07. The molecule has 2 aromatic rings. The molecule has 1 aliphatic heterocycles. The summed E-state index contributed by atoms with van der Waals surface area (Å²) in [5.41, 5.74) is 2.14. The van der Waals surface area contributed by atoms with Gasteiger partial charge in [0, 0.05) is 6.04 Å². The van der Waals surface area contributed by atoms with Crippen molar-refractivity contribution in [3.8, 4) is 0 Å². The van der Waals surface area contributed by atoms with Gasteiger partial charge in [0.2, 0.25) is 10.0 Å². The van der Waals surface area contributed by atoms with Crippen LogP contribution in [0.1, 0.15) is 36.9 Å². The first kappa shape index (κ1) is 15.3. The molecule has 2 aromatic carbocycles. The Morgan fingerprint density at radius 2 is 1.64 bits per heavy atom. The first-order chi connectivity index (χ1) is 10.6. The summed E-state index contributed by atoms with van der Waals surface area (Å²) < 4.78 is 27.5. The Morgan fingerprint density at radius 3 is 2.23 bits per heavy atom. The number of hydrogen-bond acceptors (Lipinski definition) is 2. The van der Waals surface area contributed by atoms with Gasteiger partial charge in [0.15, 0.2) is 0 Å². The third kappa shape index (κ3) is 2.69. The number of benzene rings is 2. The van der Waals surface area contributed by atoms with Gasteiger partial charge < -0.3 is 0 Å². The average molecular weight is 315 g/mol. The molecule has 22 heavy (non-hydrogen) atoms. The monoisotopic (exact) mass is 315 g/mol. The van der Waals surface area contributed by atoms with Crippen LogP contribution >= 0.6 is 0 Å².